The largest absolute Gasteiger partial charge is 0.394 e. The molecule has 41 heteroatoms. The molecule has 7 aliphatic rings. The lowest BCUT2D eigenvalue weighted by Crippen LogP contribution is -2.70. The maximum atomic E-state index is 12.7. The first-order valence-electron chi connectivity index (χ1n) is 27.2. The maximum absolute atomic E-state index is 12.7. The van der Waals surface area contributed by atoms with Crippen LogP contribution in [0.2, 0.25) is 0 Å². The van der Waals surface area contributed by atoms with Crippen LogP contribution in [0.1, 0.15) is 13.8 Å². The second kappa shape index (κ2) is 30.7. The number of nitrogens with one attached hydrogen (secondary N) is 2. The predicted octanol–water partition coefficient (Wildman–Crippen LogP) is -15.8. The Labute approximate surface area is 491 Å². The molecule has 87 heavy (non-hydrogen) atoms. The molecule has 0 radical (unpaired) electrons. The van der Waals surface area contributed by atoms with Crippen molar-refractivity contribution in [3.05, 3.63) is 0 Å². The Morgan fingerprint density at radius 3 is 1.24 bits per heavy atom. The zero-order valence-electron chi connectivity index (χ0n) is 46.0. The van der Waals surface area contributed by atoms with Crippen molar-refractivity contribution >= 4 is 19.4 Å². The number of aliphatic hydroxyl groups is 20. The van der Waals surface area contributed by atoms with Crippen molar-refractivity contribution in [2.75, 3.05) is 45.8 Å². The van der Waals surface area contributed by atoms with Crippen molar-refractivity contribution in [2.45, 2.75) is 229 Å². The van der Waals surface area contributed by atoms with Crippen LogP contribution in [0.3, 0.4) is 0 Å². The maximum Gasteiger partial charge on any atom is 0.328 e. The third-order valence-corrected chi connectivity index (χ3v) is 16.4. The third-order valence-electron chi connectivity index (χ3n) is 15.6. The fourth-order valence-corrected chi connectivity index (χ4v) is 11.7. The molecule has 0 aliphatic carbocycles. The van der Waals surface area contributed by atoms with Gasteiger partial charge in [-0.1, -0.05) is 0 Å². The Morgan fingerprint density at radius 1 is 0.356 bits per heavy atom. The second-order valence-electron chi connectivity index (χ2n) is 21.7. The average molecular weight is 1300 g/mol. The van der Waals surface area contributed by atoms with Crippen LogP contribution in [0.15, 0.2) is 0 Å². The molecule has 7 aliphatic heterocycles. The summed E-state index contributed by atoms with van der Waals surface area (Å²) in [6.45, 7) is -4.29. The van der Waals surface area contributed by atoms with Crippen LogP contribution in [0.5, 0.6) is 0 Å². The zero-order valence-corrected chi connectivity index (χ0v) is 46.9. The van der Waals surface area contributed by atoms with E-state index in [2.05, 4.69) is 10.6 Å². The molecule has 24 N–H and O–H groups in total. The smallest absolute Gasteiger partial charge is 0.328 e. The van der Waals surface area contributed by atoms with Crippen molar-refractivity contribution in [1.82, 2.24) is 10.6 Å². The highest BCUT2D eigenvalue weighted by Crippen LogP contribution is 2.41. The number of rotatable bonds is 22. The van der Waals surface area contributed by atoms with Gasteiger partial charge < -0.3 is 184 Å². The van der Waals surface area contributed by atoms with Crippen LogP contribution in [0.25, 0.3) is 0 Å². The summed E-state index contributed by atoms with van der Waals surface area (Å²) >= 11 is 0. The summed E-state index contributed by atoms with van der Waals surface area (Å²) in [6.07, 6.45) is -69.6. The lowest BCUT2D eigenvalue weighted by Gasteiger charge is -2.50. The molecule has 506 valence electrons. The number of amides is 2. The van der Waals surface area contributed by atoms with E-state index in [4.69, 9.17) is 61.6 Å². The first-order chi connectivity index (χ1) is 40.9. The third kappa shape index (κ3) is 16.2. The van der Waals surface area contributed by atoms with E-state index in [1.165, 1.54) is 0 Å². The molecule has 0 aromatic rings. The highest BCUT2D eigenvalue weighted by Gasteiger charge is 2.59. The van der Waals surface area contributed by atoms with Gasteiger partial charge in [0.15, 0.2) is 44.0 Å². The van der Waals surface area contributed by atoms with Gasteiger partial charge in [-0.25, -0.2) is 0 Å². The molecular formula is C46H79N2O38P. The van der Waals surface area contributed by atoms with E-state index < -0.39 is 280 Å². The van der Waals surface area contributed by atoms with Crippen molar-refractivity contribution in [2.24, 2.45) is 0 Å². The molecule has 7 saturated heterocycles. The molecule has 0 aromatic carbocycles. The SMILES string of the molecule is CC(=O)N[C@@H]1[C@@H](O)[C@H](O[C@@H]2O[C@H](CO)[C@@H](O[C@@H]3O[C@H](CO[C@H]4O[C@H](CO)[C@@H](O)[C@H](O[C@H]5O[C@H](CO)[C@@H](O)[C@H](O)[C@@H]5O)[C@@H]4O)[C@@H](O)[C@H](O[C@H]4O[C@H](CO)[C@@H](O)[C@H](O)[C@@H]4O[C@H]4O[C@H](CP(=O)(O)O)[C@@H](O)[C@H](O)[C@@H]4O)[C@@H]3O)[C@H](O)[C@H]2NC(C)=O)[C@@H](CO)O[C@H]1O. The first kappa shape index (κ1) is 72.2. The quantitative estimate of drug-likeness (QED) is 0.0448. The highest BCUT2D eigenvalue weighted by molar-refractivity contribution is 7.51. The second-order valence-corrected chi connectivity index (χ2v) is 23.4. The van der Waals surface area contributed by atoms with Gasteiger partial charge in [-0.15, -0.1) is 0 Å². The fourth-order valence-electron chi connectivity index (χ4n) is 10.9. The molecule has 0 spiro atoms. The number of ether oxygens (including phenoxy) is 13. The van der Waals surface area contributed by atoms with Gasteiger partial charge in [0.1, 0.15) is 171 Å². The van der Waals surface area contributed by atoms with Gasteiger partial charge in [-0.3, -0.25) is 14.2 Å². The van der Waals surface area contributed by atoms with Crippen molar-refractivity contribution < 1.29 is 188 Å². The van der Waals surface area contributed by atoms with Crippen LogP contribution in [0.4, 0.5) is 0 Å². The monoisotopic (exact) mass is 1300 g/mol. The van der Waals surface area contributed by atoms with Crippen molar-refractivity contribution in [3.63, 3.8) is 0 Å². The minimum absolute atomic E-state index is 0.758. The number of carbonyl (C=O) groups excluding carboxylic acids is 2. The van der Waals surface area contributed by atoms with E-state index in [0.717, 1.165) is 13.8 Å². The van der Waals surface area contributed by atoms with Crippen LogP contribution >= 0.6 is 7.60 Å². The van der Waals surface area contributed by atoms with Crippen LogP contribution in [-0.2, 0) is 75.7 Å². The Bertz CT molecular complexity index is 2230. The minimum Gasteiger partial charge on any atom is -0.394 e. The summed E-state index contributed by atoms with van der Waals surface area (Å²) in [5.74, 6) is -1.66. The molecular weight excluding hydrogens is 1220 g/mol. The standard InChI is InChI=1S/C46H79N2O38P/c1-10(54)47-19-26(61)35(15(6-52)75-40(19)70)82-41-20(48-11(2)55)27(62)36(16(7-53)79-41)83-45-34(69)38(85-46-39(30(65)22(57)13(4-50)78-46)86-44-32(67)29(64)23(58)18(81-44)9-87(71,72)73)25(60)17(80-45)8-74-42-33(68)37(24(59)14(5-51)76-42)84-43-31(66)28(63)21(56)12(3-49)77-43/h12-46,49-53,56-70H,3-9H2,1-2H3,(H,47,54)(H,48,55)(H2,71,72,73)/t12-,13-,14-,15-,16-,17-,18-,19-,20-,21-,22-,23-,24-,25-,26-,27-,28+,29+,30+,31+,32+,33+,34+,35-,36-,37+,38+,39+,40-,41+,42+,43-,44-,45+,46-/m1/s1. The molecule has 7 heterocycles. The summed E-state index contributed by atoms with van der Waals surface area (Å²) < 4.78 is 86.4. The number of aliphatic hydroxyl groups excluding tert-OH is 20. The lowest BCUT2D eigenvalue weighted by atomic mass is 9.94. The van der Waals surface area contributed by atoms with Crippen molar-refractivity contribution in [3.8, 4) is 0 Å². The fraction of sp³-hybridized carbons (Fsp3) is 0.957. The van der Waals surface area contributed by atoms with Crippen molar-refractivity contribution in [1.29, 1.82) is 0 Å². The first-order valence-corrected chi connectivity index (χ1v) is 29.0. The zero-order chi connectivity index (χ0) is 64.4. The summed E-state index contributed by atoms with van der Waals surface area (Å²) in [7, 11) is -5.07. The molecule has 35 atom stereocenters. The van der Waals surface area contributed by atoms with Gasteiger partial charge in [-0.05, 0) is 0 Å². The number of hydrogen-bond acceptors (Lipinski definition) is 36. The van der Waals surface area contributed by atoms with E-state index in [1.54, 1.807) is 0 Å². The van der Waals surface area contributed by atoms with E-state index in [1.807, 2.05) is 0 Å². The number of hydrogen-bond donors (Lipinski definition) is 24. The molecule has 2 amide bonds. The van der Waals surface area contributed by atoms with E-state index in [9.17, 15) is 126 Å². The Morgan fingerprint density at radius 2 is 0.713 bits per heavy atom. The Balaban J connectivity index is 1.21. The predicted molar refractivity (Wildman–Crippen MR) is 265 cm³/mol. The van der Waals surface area contributed by atoms with Gasteiger partial charge in [0.25, 0.3) is 0 Å². The molecule has 0 bridgehead atoms. The number of carbonyl (C=O) groups is 2. The Kier molecular flexibility index (Phi) is 25.5. The summed E-state index contributed by atoms with van der Waals surface area (Å²) in [4.78, 5) is 44.0. The van der Waals surface area contributed by atoms with E-state index >= 15 is 0 Å². The van der Waals surface area contributed by atoms with Crippen LogP contribution < -0.4 is 10.6 Å². The summed E-state index contributed by atoms with van der Waals surface area (Å²) in [5, 5.41) is 222. The van der Waals surface area contributed by atoms with Gasteiger partial charge in [0.2, 0.25) is 11.8 Å². The van der Waals surface area contributed by atoms with E-state index in [-0.39, 0.29) is 0 Å². The highest BCUT2D eigenvalue weighted by atomic mass is 31.2. The normalized spacial score (nSPS) is 49.2. The minimum atomic E-state index is -5.07. The summed E-state index contributed by atoms with van der Waals surface area (Å²) in [6, 6.07) is -3.45. The Hall–Kier alpha value is -2.23. The molecule has 0 aromatic heterocycles. The van der Waals surface area contributed by atoms with Gasteiger partial charge >= 0.3 is 7.60 Å². The lowest BCUT2D eigenvalue weighted by molar-refractivity contribution is -0.398. The topological polar surface area (TPSA) is 640 Å². The van der Waals surface area contributed by atoms with Crippen LogP contribution in [-0.4, -0.2) is 384 Å². The van der Waals surface area contributed by atoms with Gasteiger partial charge in [0, 0.05) is 13.8 Å². The molecule has 0 unspecified atom stereocenters. The van der Waals surface area contributed by atoms with Gasteiger partial charge in [-0.2, -0.15) is 0 Å². The molecule has 7 rings (SSSR count). The van der Waals surface area contributed by atoms with Gasteiger partial charge in [0.05, 0.1) is 45.8 Å². The average Bonchev–Trinajstić information content (AvgIpc) is 1.39. The summed E-state index contributed by atoms with van der Waals surface area (Å²) in [5.41, 5.74) is 0. The van der Waals surface area contributed by atoms with Crippen LogP contribution in [0, 0.1) is 0 Å². The van der Waals surface area contributed by atoms with E-state index in [0.29, 0.717) is 0 Å². The molecule has 7 fully saturated rings. The molecule has 0 saturated carbocycles. The molecule has 40 nitrogen and oxygen atoms in total.